The first-order valence-corrected chi connectivity index (χ1v) is 12.2. The zero-order chi connectivity index (χ0) is 26.4. The summed E-state index contributed by atoms with van der Waals surface area (Å²) in [5.41, 5.74) is 0.419. The summed E-state index contributed by atoms with van der Waals surface area (Å²) in [4.78, 5) is 48.5. The molecule has 1 aromatic rings. The molecular formula is C26H34O10. The molecule has 36 heavy (non-hydrogen) atoms. The Morgan fingerprint density at radius 2 is 1.42 bits per heavy atom. The Morgan fingerprint density at radius 3 is 2.00 bits per heavy atom. The van der Waals surface area contributed by atoms with Crippen LogP contribution >= 0.6 is 0 Å². The van der Waals surface area contributed by atoms with E-state index in [1.165, 1.54) is 27.9 Å². The second kappa shape index (κ2) is 12.2. The van der Waals surface area contributed by atoms with E-state index in [1.54, 1.807) is 25.1 Å². The topological polar surface area (TPSA) is 124 Å². The molecule has 3 rings (SSSR count). The Labute approximate surface area is 210 Å². The number of benzene rings is 1. The maximum atomic E-state index is 12.7. The third kappa shape index (κ3) is 6.75. The van der Waals surface area contributed by atoms with E-state index in [1.807, 2.05) is 0 Å². The van der Waals surface area contributed by atoms with Gasteiger partial charge in [-0.2, -0.15) is 0 Å². The highest BCUT2D eigenvalue weighted by molar-refractivity contribution is 5.75. The van der Waals surface area contributed by atoms with Crippen LogP contribution in [-0.2, 0) is 38.1 Å². The molecule has 0 N–H and O–H groups in total. The van der Waals surface area contributed by atoms with Gasteiger partial charge in [0.25, 0.3) is 0 Å². The molecule has 5 atom stereocenters. The van der Waals surface area contributed by atoms with Crippen molar-refractivity contribution in [3.8, 4) is 11.5 Å². The van der Waals surface area contributed by atoms with Gasteiger partial charge in [-0.3, -0.25) is 19.2 Å². The summed E-state index contributed by atoms with van der Waals surface area (Å²) in [7, 11) is 1.46. The highest BCUT2D eigenvalue weighted by Gasteiger charge is 2.51. The van der Waals surface area contributed by atoms with E-state index < -0.39 is 48.4 Å². The van der Waals surface area contributed by atoms with Gasteiger partial charge in [-0.05, 0) is 38.0 Å². The molecule has 1 aromatic carbocycles. The Kier molecular flexibility index (Phi) is 9.31. The molecule has 1 saturated carbocycles. The molecule has 2 aliphatic rings. The SMILES string of the molecule is COc1ccc(OC(=O)C2CCCCC2)cc1[C@H]1O[C@@H](C)[C@@H](OC(C)=O)[C@@H](OC(C)=O)[C@@H]1OC(C)=O. The number of methoxy groups -OCH3 is 1. The van der Waals surface area contributed by atoms with Crippen molar-refractivity contribution in [3.05, 3.63) is 23.8 Å². The molecule has 198 valence electrons. The molecule has 2 fully saturated rings. The lowest BCUT2D eigenvalue weighted by atomic mass is 9.89. The molecule has 1 aliphatic heterocycles. The predicted molar refractivity (Wildman–Crippen MR) is 125 cm³/mol. The van der Waals surface area contributed by atoms with Crippen LogP contribution < -0.4 is 9.47 Å². The molecule has 0 spiro atoms. The van der Waals surface area contributed by atoms with Crippen LogP contribution in [0.4, 0.5) is 0 Å². The summed E-state index contributed by atoms with van der Waals surface area (Å²) in [6.45, 7) is 5.29. The Morgan fingerprint density at radius 1 is 0.833 bits per heavy atom. The van der Waals surface area contributed by atoms with E-state index in [2.05, 4.69) is 0 Å². The third-order valence-electron chi connectivity index (χ3n) is 6.34. The fourth-order valence-corrected chi connectivity index (χ4v) is 4.80. The standard InChI is InChI=1S/C26H34O10/c1-14-22(33-15(2)27)24(34-16(3)28)25(35-17(4)29)23(32-14)20-13-19(11-12-21(20)31-5)36-26(30)18-9-7-6-8-10-18/h11-14,18,22-25H,6-10H2,1-5H3/t14-,22+,23+,24+,25+/m0/s1. The highest BCUT2D eigenvalue weighted by Crippen LogP contribution is 2.42. The highest BCUT2D eigenvalue weighted by atomic mass is 16.6. The first-order valence-electron chi connectivity index (χ1n) is 12.2. The Hall–Kier alpha value is -3.14. The molecule has 0 aromatic heterocycles. The minimum Gasteiger partial charge on any atom is -0.496 e. The van der Waals surface area contributed by atoms with Crippen molar-refractivity contribution in [1.29, 1.82) is 0 Å². The minimum absolute atomic E-state index is 0.151. The smallest absolute Gasteiger partial charge is 0.314 e. The molecule has 0 radical (unpaired) electrons. The second-order valence-corrected chi connectivity index (χ2v) is 9.14. The summed E-state index contributed by atoms with van der Waals surface area (Å²) in [6, 6.07) is 4.82. The molecular weight excluding hydrogens is 472 g/mol. The van der Waals surface area contributed by atoms with Crippen LogP contribution in [0.25, 0.3) is 0 Å². The van der Waals surface area contributed by atoms with Gasteiger partial charge in [0.2, 0.25) is 0 Å². The first-order chi connectivity index (χ1) is 17.1. The third-order valence-corrected chi connectivity index (χ3v) is 6.34. The van der Waals surface area contributed by atoms with E-state index in [9.17, 15) is 19.2 Å². The van der Waals surface area contributed by atoms with Crippen molar-refractivity contribution in [2.24, 2.45) is 5.92 Å². The van der Waals surface area contributed by atoms with E-state index in [-0.39, 0.29) is 17.6 Å². The lowest BCUT2D eigenvalue weighted by Gasteiger charge is -2.44. The van der Waals surface area contributed by atoms with Gasteiger partial charge < -0.3 is 28.4 Å². The fourth-order valence-electron chi connectivity index (χ4n) is 4.80. The van der Waals surface area contributed by atoms with Crippen LogP contribution in [0.1, 0.15) is 71.5 Å². The zero-order valence-corrected chi connectivity index (χ0v) is 21.3. The summed E-state index contributed by atoms with van der Waals surface area (Å²) in [5.74, 6) is -1.69. The van der Waals surface area contributed by atoms with Gasteiger partial charge in [-0.15, -0.1) is 0 Å². The summed E-state index contributed by atoms with van der Waals surface area (Å²) >= 11 is 0. The van der Waals surface area contributed by atoms with Crippen molar-refractivity contribution >= 4 is 23.9 Å². The van der Waals surface area contributed by atoms with Gasteiger partial charge in [0.05, 0.1) is 19.1 Å². The van der Waals surface area contributed by atoms with Crippen LogP contribution in [0.15, 0.2) is 18.2 Å². The molecule has 1 heterocycles. The maximum absolute atomic E-state index is 12.7. The second-order valence-electron chi connectivity index (χ2n) is 9.14. The van der Waals surface area contributed by atoms with Crippen LogP contribution in [0.2, 0.25) is 0 Å². The molecule has 0 bridgehead atoms. The van der Waals surface area contributed by atoms with Gasteiger partial charge in [-0.25, -0.2) is 0 Å². The molecule has 1 saturated heterocycles. The quantitative estimate of drug-likeness (QED) is 0.309. The zero-order valence-electron chi connectivity index (χ0n) is 21.3. The Bertz CT molecular complexity index is 967. The van der Waals surface area contributed by atoms with Gasteiger partial charge in [0.15, 0.2) is 18.3 Å². The number of hydrogen-bond donors (Lipinski definition) is 0. The van der Waals surface area contributed by atoms with E-state index in [4.69, 9.17) is 28.4 Å². The number of ether oxygens (including phenoxy) is 6. The summed E-state index contributed by atoms with van der Waals surface area (Å²) in [6.07, 6.45) is -0.390. The number of carbonyl (C=O) groups excluding carboxylic acids is 4. The molecule has 0 amide bonds. The average Bonchev–Trinajstić information content (AvgIpc) is 2.82. The monoisotopic (exact) mass is 506 g/mol. The summed E-state index contributed by atoms with van der Waals surface area (Å²) in [5, 5.41) is 0. The largest absolute Gasteiger partial charge is 0.496 e. The number of rotatable bonds is 7. The minimum atomic E-state index is -1.18. The first kappa shape index (κ1) is 27.4. The lowest BCUT2D eigenvalue weighted by Crippen LogP contribution is -2.57. The van der Waals surface area contributed by atoms with Gasteiger partial charge in [0.1, 0.15) is 17.6 Å². The predicted octanol–water partition coefficient (Wildman–Crippen LogP) is 3.44. The van der Waals surface area contributed by atoms with Gasteiger partial charge >= 0.3 is 23.9 Å². The maximum Gasteiger partial charge on any atom is 0.314 e. The van der Waals surface area contributed by atoms with Crippen molar-refractivity contribution in [1.82, 2.24) is 0 Å². The van der Waals surface area contributed by atoms with Crippen LogP contribution in [0.3, 0.4) is 0 Å². The summed E-state index contributed by atoms with van der Waals surface area (Å²) < 4.78 is 33.8. The average molecular weight is 507 g/mol. The number of esters is 4. The van der Waals surface area contributed by atoms with E-state index >= 15 is 0 Å². The van der Waals surface area contributed by atoms with Crippen molar-refractivity contribution in [3.63, 3.8) is 0 Å². The van der Waals surface area contributed by atoms with Crippen LogP contribution in [0, 0.1) is 5.92 Å². The van der Waals surface area contributed by atoms with E-state index in [0.29, 0.717) is 11.3 Å². The van der Waals surface area contributed by atoms with Crippen molar-refractivity contribution in [2.75, 3.05) is 7.11 Å². The van der Waals surface area contributed by atoms with Crippen LogP contribution in [0.5, 0.6) is 11.5 Å². The van der Waals surface area contributed by atoms with Gasteiger partial charge in [0, 0.05) is 26.3 Å². The molecule has 10 heteroatoms. The van der Waals surface area contributed by atoms with E-state index in [0.717, 1.165) is 32.1 Å². The van der Waals surface area contributed by atoms with Crippen LogP contribution in [-0.4, -0.2) is 55.4 Å². The van der Waals surface area contributed by atoms with Crippen molar-refractivity contribution in [2.45, 2.75) is 90.3 Å². The van der Waals surface area contributed by atoms with Gasteiger partial charge in [-0.1, -0.05) is 19.3 Å². The molecule has 10 nitrogen and oxygen atoms in total. The lowest BCUT2D eigenvalue weighted by molar-refractivity contribution is -0.245. The fraction of sp³-hybridized carbons (Fsp3) is 0.615. The van der Waals surface area contributed by atoms with Crippen molar-refractivity contribution < 1.29 is 47.6 Å². The Balaban J connectivity index is 1.98. The molecule has 1 aliphatic carbocycles. The number of carbonyl (C=O) groups is 4. The number of hydrogen-bond acceptors (Lipinski definition) is 10. The molecule has 0 unspecified atom stereocenters. The normalized spacial score (nSPS) is 26.4.